The van der Waals surface area contributed by atoms with E-state index in [0.717, 1.165) is 29.5 Å². The molecule has 9 nitrogen and oxygen atoms in total. The predicted molar refractivity (Wildman–Crippen MR) is 138 cm³/mol. The minimum atomic E-state index is -0.281. The molecule has 0 unspecified atom stereocenters. The Morgan fingerprint density at radius 1 is 1.21 bits per heavy atom. The lowest BCUT2D eigenvalue weighted by molar-refractivity contribution is -0.134. The number of unbranched alkanes of at least 4 members (excludes halogenated alkanes) is 1. The van der Waals surface area contributed by atoms with E-state index in [-0.39, 0.29) is 17.5 Å². The molecule has 182 valence electrons. The van der Waals surface area contributed by atoms with Gasteiger partial charge in [-0.05, 0) is 73.2 Å². The maximum atomic E-state index is 12.3. The van der Waals surface area contributed by atoms with E-state index in [1.165, 1.54) is 16.7 Å². The lowest BCUT2D eigenvalue weighted by atomic mass is 10.1. The minimum Gasteiger partial charge on any atom is -0.508 e. The van der Waals surface area contributed by atoms with Crippen molar-refractivity contribution in [2.75, 3.05) is 18.1 Å². The van der Waals surface area contributed by atoms with Crippen LogP contribution >= 0.6 is 11.8 Å². The van der Waals surface area contributed by atoms with Gasteiger partial charge in [-0.1, -0.05) is 19.4 Å². The first-order valence-electron chi connectivity index (χ1n) is 10.5. The molecule has 3 amide bonds. The summed E-state index contributed by atoms with van der Waals surface area (Å²) < 4.78 is 0. The maximum absolute atomic E-state index is 12.3. The van der Waals surface area contributed by atoms with Crippen molar-refractivity contribution < 1.29 is 19.5 Å². The number of phenols is 1. The van der Waals surface area contributed by atoms with Gasteiger partial charge < -0.3 is 22.0 Å². The molecule has 0 bridgehead atoms. The van der Waals surface area contributed by atoms with Gasteiger partial charge in [0.1, 0.15) is 11.6 Å². The average Bonchev–Trinajstić information content (AvgIpc) is 2.85. The topological polar surface area (TPSA) is 151 Å². The Morgan fingerprint density at radius 2 is 1.88 bits per heavy atom. The molecule has 0 atom stereocenters. The Balaban J connectivity index is 0.000000380. The van der Waals surface area contributed by atoms with Crippen LogP contribution in [0.2, 0.25) is 0 Å². The van der Waals surface area contributed by atoms with E-state index in [0.29, 0.717) is 30.0 Å². The molecule has 0 aliphatic rings. The van der Waals surface area contributed by atoms with Crippen LogP contribution in [-0.4, -0.2) is 47.4 Å². The Labute approximate surface area is 203 Å². The van der Waals surface area contributed by atoms with Gasteiger partial charge in [0.2, 0.25) is 12.8 Å². The largest absolute Gasteiger partial charge is 0.508 e. The number of amidine groups is 1. The SMILES string of the molecule is CCCCN(C=O)C(=O)/C(=C/c1ccc(O)c(C)c1)SC.N/N=C(\N)c1ccc(NC=O)cc1. The van der Waals surface area contributed by atoms with Gasteiger partial charge in [0.25, 0.3) is 5.91 Å². The highest BCUT2D eigenvalue weighted by atomic mass is 32.2. The van der Waals surface area contributed by atoms with Crippen molar-refractivity contribution in [2.45, 2.75) is 26.7 Å². The fraction of sp³-hybridized carbons (Fsp3) is 0.250. The second-order valence-electron chi connectivity index (χ2n) is 7.07. The number of rotatable bonds is 10. The molecule has 0 aliphatic heterocycles. The number of benzene rings is 2. The molecule has 0 spiro atoms. The normalized spacial score (nSPS) is 11.1. The third-order valence-corrected chi connectivity index (χ3v) is 5.37. The molecule has 2 aromatic carbocycles. The number of phenolic OH excluding ortho intramolecular Hbond substituents is 1. The molecule has 0 heterocycles. The molecule has 0 saturated carbocycles. The second kappa shape index (κ2) is 15.1. The number of hydrogen-bond donors (Lipinski definition) is 4. The van der Waals surface area contributed by atoms with E-state index in [1.807, 2.05) is 6.92 Å². The Kier molecular flexibility index (Phi) is 12.6. The highest BCUT2D eigenvalue weighted by Gasteiger charge is 2.16. The molecule has 2 aromatic rings. The Morgan fingerprint density at radius 3 is 2.38 bits per heavy atom. The molecule has 0 aromatic heterocycles. The van der Waals surface area contributed by atoms with Crippen molar-refractivity contribution >= 4 is 48.1 Å². The summed E-state index contributed by atoms with van der Waals surface area (Å²) in [7, 11) is 0. The van der Waals surface area contributed by atoms with Gasteiger partial charge in [-0.25, -0.2) is 0 Å². The highest BCUT2D eigenvalue weighted by molar-refractivity contribution is 8.03. The van der Waals surface area contributed by atoms with Gasteiger partial charge in [0.05, 0.1) is 4.91 Å². The monoisotopic (exact) mass is 485 g/mol. The molecule has 34 heavy (non-hydrogen) atoms. The number of nitrogens with two attached hydrogens (primary N) is 2. The fourth-order valence-corrected chi connectivity index (χ4v) is 3.23. The van der Waals surface area contributed by atoms with E-state index in [4.69, 9.17) is 11.6 Å². The summed E-state index contributed by atoms with van der Waals surface area (Å²) in [4.78, 5) is 35.2. The standard InChI is InChI=1S/C16H21NO3S.C8H10N4O/c1-4-5-8-17(11-18)16(20)15(21-3)10-13-6-7-14(19)12(2)9-13;9-8(12-10)6-1-3-7(4-2-6)11-5-13/h6-7,9-11,19H,4-5,8H2,1-3H3;1-5H,10H2,(H2,9,12)(H,11,13)/b15-10-;. The lowest BCUT2D eigenvalue weighted by Gasteiger charge is -2.16. The summed E-state index contributed by atoms with van der Waals surface area (Å²) in [6.07, 6.45) is 6.46. The Bertz CT molecular complexity index is 1020. The summed E-state index contributed by atoms with van der Waals surface area (Å²) in [6.45, 7) is 4.25. The number of nitrogens with one attached hydrogen (secondary N) is 1. The third kappa shape index (κ3) is 8.99. The molecular weight excluding hydrogens is 454 g/mol. The van der Waals surface area contributed by atoms with Crippen molar-refractivity contribution in [1.82, 2.24) is 4.90 Å². The smallest absolute Gasteiger partial charge is 0.266 e. The summed E-state index contributed by atoms with van der Waals surface area (Å²) in [5.41, 5.74) is 8.44. The summed E-state index contributed by atoms with van der Waals surface area (Å²) in [5.74, 6) is 5.20. The number of anilines is 1. The number of nitrogens with zero attached hydrogens (tertiary/aromatic N) is 2. The van der Waals surface area contributed by atoms with Crippen LogP contribution in [0.3, 0.4) is 0 Å². The number of aromatic hydroxyl groups is 1. The molecule has 0 saturated heterocycles. The van der Waals surface area contributed by atoms with Gasteiger partial charge in [-0.15, -0.1) is 11.8 Å². The molecule has 0 aliphatic carbocycles. The number of hydrogen-bond acceptors (Lipinski definition) is 7. The minimum absolute atomic E-state index is 0.224. The van der Waals surface area contributed by atoms with Gasteiger partial charge in [0.15, 0.2) is 0 Å². The Hall–Kier alpha value is -3.79. The zero-order chi connectivity index (χ0) is 25.5. The number of hydrazone groups is 1. The highest BCUT2D eigenvalue weighted by Crippen LogP contribution is 2.23. The number of carbonyl (C=O) groups excluding carboxylic acids is 3. The zero-order valence-electron chi connectivity index (χ0n) is 19.5. The molecular formula is C24H31N5O4S. The fourth-order valence-electron chi connectivity index (χ4n) is 2.68. The van der Waals surface area contributed by atoms with Gasteiger partial charge in [-0.2, -0.15) is 5.10 Å². The predicted octanol–water partition coefficient (Wildman–Crippen LogP) is 3.02. The van der Waals surface area contributed by atoms with E-state index >= 15 is 0 Å². The number of thioether (sulfide) groups is 1. The molecule has 0 radical (unpaired) electrons. The van der Waals surface area contributed by atoms with Crippen LogP contribution < -0.4 is 16.9 Å². The number of imide groups is 1. The summed E-state index contributed by atoms with van der Waals surface area (Å²) >= 11 is 1.31. The van der Waals surface area contributed by atoms with Crippen molar-refractivity contribution in [1.29, 1.82) is 0 Å². The van der Waals surface area contributed by atoms with Crippen molar-refractivity contribution in [3.8, 4) is 5.75 Å². The van der Waals surface area contributed by atoms with Crippen molar-refractivity contribution in [3.05, 3.63) is 64.1 Å². The van der Waals surface area contributed by atoms with Crippen LogP contribution in [0.5, 0.6) is 5.75 Å². The average molecular weight is 486 g/mol. The first kappa shape index (κ1) is 28.2. The van der Waals surface area contributed by atoms with Gasteiger partial charge >= 0.3 is 0 Å². The molecule has 2 rings (SSSR count). The zero-order valence-corrected chi connectivity index (χ0v) is 20.3. The summed E-state index contributed by atoms with van der Waals surface area (Å²) in [5, 5.41) is 15.4. The summed E-state index contributed by atoms with van der Waals surface area (Å²) in [6, 6.07) is 12.0. The van der Waals surface area contributed by atoms with Gasteiger partial charge in [0, 0.05) is 17.8 Å². The molecule has 10 heteroatoms. The number of carbonyl (C=O) groups is 3. The molecule has 6 N–H and O–H groups in total. The van der Waals surface area contributed by atoms with Crippen molar-refractivity contribution in [2.24, 2.45) is 16.7 Å². The third-order valence-electron chi connectivity index (χ3n) is 4.64. The van der Waals surface area contributed by atoms with Crippen LogP contribution in [0.4, 0.5) is 5.69 Å². The van der Waals surface area contributed by atoms with Crippen LogP contribution in [0, 0.1) is 6.92 Å². The lowest BCUT2D eigenvalue weighted by Crippen LogP contribution is -2.31. The number of aryl methyl sites for hydroxylation is 1. The van der Waals surface area contributed by atoms with E-state index in [2.05, 4.69) is 10.4 Å². The van der Waals surface area contributed by atoms with E-state index in [1.54, 1.807) is 61.7 Å². The second-order valence-corrected chi connectivity index (χ2v) is 7.92. The van der Waals surface area contributed by atoms with E-state index in [9.17, 15) is 19.5 Å². The van der Waals surface area contributed by atoms with Crippen LogP contribution in [0.25, 0.3) is 6.08 Å². The quantitative estimate of drug-likeness (QED) is 0.101. The van der Waals surface area contributed by atoms with E-state index < -0.39 is 0 Å². The van der Waals surface area contributed by atoms with Crippen LogP contribution in [0.1, 0.15) is 36.5 Å². The van der Waals surface area contributed by atoms with Gasteiger partial charge in [-0.3, -0.25) is 19.3 Å². The van der Waals surface area contributed by atoms with Crippen LogP contribution in [-0.2, 0) is 14.4 Å². The molecule has 0 fully saturated rings. The maximum Gasteiger partial charge on any atom is 0.266 e. The first-order valence-corrected chi connectivity index (χ1v) is 11.7. The van der Waals surface area contributed by atoms with Crippen LogP contribution in [0.15, 0.2) is 52.5 Å². The first-order chi connectivity index (χ1) is 16.3. The van der Waals surface area contributed by atoms with Crippen molar-refractivity contribution in [3.63, 3.8) is 0 Å². The number of amides is 3.